The average Bonchev–Trinajstić information content (AvgIpc) is 2.50. The zero-order valence-electron chi connectivity index (χ0n) is 11.3. The van der Waals surface area contributed by atoms with Crippen LogP contribution in [0.3, 0.4) is 0 Å². The summed E-state index contributed by atoms with van der Waals surface area (Å²) in [5.74, 6) is 0.160. The fraction of sp³-hybridized carbons (Fsp3) is 0.267. The number of nitrogens with zero attached hydrogens (tertiary/aromatic N) is 3. The maximum atomic E-state index is 11.7. The zero-order valence-corrected chi connectivity index (χ0v) is 11.3. The van der Waals surface area contributed by atoms with Crippen LogP contribution in [0.4, 0.5) is 5.69 Å². The van der Waals surface area contributed by atoms with Crippen molar-refractivity contribution in [3.63, 3.8) is 0 Å². The molecule has 3 rings (SSSR count). The number of hydrogen-bond acceptors (Lipinski definition) is 4. The van der Waals surface area contributed by atoms with Gasteiger partial charge in [0.1, 0.15) is 0 Å². The molecule has 1 aromatic heterocycles. The van der Waals surface area contributed by atoms with E-state index < -0.39 is 0 Å². The van der Waals surface area contributed by atoms with Gasteiger partial charge in [0.25, 0.3) is 0 Å². The van der Waals surface area contributed by atoms with Gasteiger partial charge in [-0.2, -0.15) is 0 Å². The second-order valence-corrected chi connectivity index (χ2v) is 4.85. The topological polar surface area (TPSA) is 72.1 Å². The van der Waals surface area contributed by atoms with Gasteiger partial charge in [0.15, 0.2) is 0 Å². The van der Waals surface area contributed by atoms with Crippen molar-refractivity contribution in [3.8, 4) is 11.3 Å². The largest absolute Gasteiger partial charge is 0.325 e. The molecule has 0 saturated heterocycles. The lowest BCUT2D eigenvalue weighted by molar-refractivity contribution is -0.118. The maximum Gasteiger partial charge on any atom is 0.227 e. The molecule has 0 unspecified atom stereocenters. The molecule has 1 aliphatic heterocycles. The molecule has 0 bridgehead atoms. The predicted molar refractivity (Wildman–Crippen MR) is 77.1 cm³/mol. The van der Waals surface area contributed by atoms with Gasteiger partial charge in [0.2, 0.25) is 5.91 Å². The fourth-order valence-electron chi connectivity index (χ4n) is 2.56. The Kier molecular flexibility index (Phi) is 3.20. The van der Waals surface area contributed by atoms with E-state index >= 15 is 0 Å². The summed E-state index contributed by atoms with van der Waals surface area (Å²) in [6.07, 6.45) is 4.64. The quantitative estimate of drug-likeness (QED) is 0.896. The molecular weight excluding hydrogens is 252 g/mol. The third-order valence-corrected chi connectivity index (χ3v) is 3.66. The molecule has 0 atom stereocenters. The van der Waals surface area contributed by atoms with Crippen molar-refractivity contribution < 1.29 is 4.79 Å². The van der Waals surface area contributed by atoms with Crippen molar-refractivity contribution in [2.45, 2.75) is 19.4 Å². The van der Waals surface area contributed by atoms with E-state index in [0.717, 1.165) is 29.1 Å². The number of nitrogens with two attached hydrogens (primary N) is 1. The maximum absolute atomic E-state index is 11.7. The second kappa shape index (κ2) is 5.02. The Hall–Kier alpha value is -2.27. The number of carbonyl (C=O) groups excluding carboxylic acids is 1. The Morgan fingerprint density at radius 1 is 1.25 bits per heavy atom. The first-order chi connectivity index (χ1) is 9.70. The number of amides is 1. The number of carbonyl (C=O) groups is 1. The molecule has 0 radical (unpaired) electrons. The molecule has 1 amide bonds. The number of aryl methyl sites for hydroxylation is 1. The molecule has 5 heteroatoms. The number of fused-ring (bicyclic) bond motifs is 1. The molecule has 2 N–H and O–H groups in total. The van der Waals surface area contributed by atoms with Gasteiger partial charge in [0, 0.05) is 43.7 Å². The molecular formula is C15H16N4O. The van der Waals surface area contributed by atoms with Gasteiger partial charge in [-0.1, -0.05) is 6.07 Å². The normalized spacial score (nSPS) is 14.3. The van der Waals surface area contributed by atoms with Crippen LogP contribution < -0.4 is 10.6 Å². The Morgan fingerprint density at radius 3 is 2.85 bits per heavy atom. The molecule has 2 aromatic rings. The monoisotopic (exact) mass is 268 g/mol. The third kappa shape index (κ3) is 2.06. The molecule has 2 heterocycles. The van der Waals surface area contributed by atoms with Crippen molar-refractivity contribution in [1.82, 2.24) is 9.97 Å². The number of hydrogen-bond donors (Lipinski definition) is 1. The lowest BCUT2D eigenvalue weighted by Gasteiger charge is -2.26. The van der Waals surface area contributed by atoms with Crippen LogP contribution in [0.15, 0.2) is 30.6 Å². The van der Waals surface area contributed by atoms with Crippen molar-refractivity contribution >= 4 is 11.6 Å². The van der Waals surface area contributed by atoms with Gasteiger partial charge in [-0.25, -0.2) is 0 Å². The standard InChI is InChI=1S/C15H16N4O/c1-19-13-4-2-11(8-10(13)3-5-14(19)20)15-12(9-16)17-6-7-18-15/h2,4,6-8H,3,5,9,16H2,1H3. The smallest absolute Gasteiger partial charge is 0.227 e. The third-order valence-electron chi connectivity index (χ3n) is 3.66. The van der Waals surface area contributed by atoms with Crippen LogP contribution in [0, 0.1) is 0 Å². The van der Waals surface area contributed by atoms with Crippen LogP contribution >= 0.6 is 0 Å². The summed E-state index contributed by atoms with van der Waals surface area (Å²) in [4.78, 5) is 22.1. The highest BCUT2D eigenvalue weighted by atomic mass is 16.2. The van der Waals surface area contributed by atoms with Gasteiger partial charge in [-0.15, -0.1) is 0 Å². The summed E-state index contributed by atoms with van der Waals surface area (Å²) in [5, 5.41) is 0. The molecule has 1 aromatic carbocycles. The summed E-state index contributed by atoms with van der Waals surface area (Å²) >= 11 is 0. The van der Waals surface area contributed by atoms with E-state index in [1.54, 1.807) is 17.3 Å². The molecule has 0 aliphatic carbocycles. The van der Waals surface area contributed by atoms with E-state index in [9.17, 15) is 4.79 Å². The Bertz CT molecular complexity index is 669. The van der Waals surface area contributed by atoms with E-state index in [4.69, 9.17) is 5.73 Å². The SMILES string of the molecule is CN1C(=O)CCc2cc(-c3nccnc3CN)ccc21. The highest BCUT2D eigenvalue weighted by Crippen LogP contribution is 2.31. The van der Waals surface area contributed by atoms with Crippen molar-refractivity contribution in [3.05, 3.63) is 41.9 Å². The first-order valence-electron chi connectivity index (χ1n) is 6.60. The van der Waals surface area contributed by atoms with Gasteiger partial charge in [-0.05, 0) is 24.1 Å². The average molecular weight is 268 g/mol. The minimum absolute atomic E-state index is 0.160. The van der Waals surface area contributed by atoms with E-state index in [1.807, 2.05) is 19.2 Å². The Balaban J connectivity index is 2.07. The van der Waals surface area contributed by atoms with E-state index in [1.165, 1.54) is 5.56 Å². The molecule has 1 aliphatic rings. The van der Waals surface area contributed by atoms with Crippen LogP contribution in [0.5, 0.6) is 0 Å². The van der Waals surface area contributed by atoms with Crippen LogP contribution in [0.2, 0.25) is 0 Å². The van der Waals surface area contributed by atoms with Crippen LogP contribution in [-0.4, -0.2) is 22.9 Å². The summed E-state index contributed by atoms with van der Waals surface area (Å²) in [5.41, 5.74) is 10.5. The Morgan fingerprint density at radius 2 is 2.05 bits per heavy atom. The second-order valence-electron chi connectivity index (χ2n) is 4.85. The minimum Gasteiger partial charge on any atom is -0.325 e. The van der Waals surface area contributed by atoms with E-state index in [-0.39, 0.29) is 5.91 Å². The molecule has 20 heavy (non-hydrogen) atoms. The Labute approximate surface area is 117 Å². The fourth-order valence-corrected chi connectivity index (χ4v) is 2.56. The van der Waals surface area contributed by atoms with Crippen LogP contribution in [0.1, 0.15) is 17.7 Å². The zero-order chi connectivity index (χ0) is 14.1. The first-order valence-corrected chi connectivity index (χ1v) is 6.60. The number of benzene rings is 1. The highest BCUT2D eigenvalue weighted by molar-refractivity contribution is 5.96. The van der Waals surface area contributed by atoms with Gasteiger partial charge in [0.05, 0.1) is 11.4 Å². The van der Waals surface area contributed by atoms with E-state index in [2.05, 4.69) is 16.0 Å². The molecule has 5 nitrogen and oxygen atoms in total. The van der Waals surface area contributed by atoms with Gasteiger partial charge < -0.3 is 10.6 Å². The molecule has 102 valence electrons. The summed E-state index contributed by atoms with van der Waals surface area (Å²) in [7, 11) is 1.81. The number of aromatic nitrogens is 2. The summed E-state index contributed by atoms with van der Waals surface area (Å²) in [6, 6.07) is 6.02. The first kappa shape index (κ1) is 12.7. The lowest BCUT2D eigenvalue weighted by atomic mass is 9.97. The summed E-state index contributed by atoms with van der Waals surface area (Å²) < 4.78 is 0. The predicted octanol–water partition coefficient (Wildman–Crippen LogP) is 1.51. The van der Waals surface area contributed by atoms with Crippen LogP contribution in [-0.2, 0) is 17.8 Å². The minimum atomic E-state index is 0.160. The number of anilines is 1. The lowest BCUT2D eigenvalue weighted by Crippen LogP contribution is -2.31. The van der Waals surface area contributed by atoms with Crippen molar-refractivity contribution in [2.24, 2.45) is 5.73 Å². The van der Waals surface area contributed by atoms with E-state index in [0.29, 0.717) is 13.0 Å². The van der Waals surface area contributed by atoms with Gasteiger partial charge in [-0.3, -0.25) is 14.8 Å². The summed E-state index contributed by atoms with van der Waals surface area (Å²) in [6.45, 7) is 0.360. The molecule has 0 spiro atoms. The number of rotatable bonds is 2. The van der Waals surface area contributed by atoms with Gasteiger partial charge >= 0.3 is 0 Å². The van der Waals surface area contributed by atoms with Crippen LogP contribution in [0.25, 0.3) is 11.3 Å². The van der Waals surface area contributed by atoms with Crippen molar-refractivity contribution in [1.29, 1.82) is 0 Å². The molecule has 0 fully saturated rings. The molecule has 0 saturated carbocycles. The van der Waals surface area contributed by atoms with Crippen molar-refractivity contribution in [2.75, 3.05) is 11.9 Å². The highest BCUT2D eigenvalue weighted by Gasteiger charge is 2.21.